The molecule has 0 radical (unpaired) electrons. The standard InChI is InChI=1S/C19H16N4O2S/c1-13-5-2-3-8-16(13)18-22-23-19(25-18)26-10-9-17(24)21-15-7-4-6-14(11-15)12-20/h2-8,11H,9-10H2,1H3,(H,21,24). The fourth-order valence-electron chi connectivity index (χ4n) is 2.31. The average molecular weight is 364 g/mol. The Labute approximate surface area is 155 Å². The highest BCUT2D eigenvalue weighted by Crippen LogP contribution is 2.25. The van der Waals surface area contributed by atoms with Gasteiger partial charge in [-0.2, -0.15) is 5.26 Å². The molecule has 1 heterocycles. The van der Waals surface area contributed by atoms with Gasteiger partial charge in [0.05, 0.1) is 11.6 Å². The number of aromatic nitrogens is 2. The summed E-state index contributed by atoms with van der Waals surface area (Å²) in [4.78, 5) is 12.0. The van der Waals surface area contributed by atoms with E-state index >= 15 is 0 Å². The van der Waals surface area contributed by atoms with E-state index < -0.39 is 0 Å². The van der Waals surface area contributed by atoms with E-state index in [4.69, 9.17) is 9.68 Å². The molecule has 0 atom stereocenters. The van der Waals surface area contributed by atoms with Crippen LogP contribution in [0.15, 0.2) is 58.2 Å². The summed E-state index contributed by atoms with van der Waals surface area (Å²) in [5.41, 5.74) is 3.08. The lowest BCUT2D eigenvalue weighted by Crippen LogP contribution is -2.12. The van der Waals surface area contributed by atoms with Crippen molar-refractivity contribution in [1.82, 2.24) is 10.2 Å². The molecule has 2 aromatic carbocycles. The van der Waals surface area contributed by atoms with Gasteiger partial charge in [0, 0.05) is 23.4 Å². The molecule has 1 amide bonds. The first-order valence-corrected chi connectivity index (χ1v) is 8.96. The molecule has 1 N–H and O–H groups in total. The number of carbonyl (C=O) groups is 1. The van der Waals surface area contributed by atoms with Crippen molar-refractivity contribution in [3.63, 3.8) is 0 Å². The largest absolute Gasteiger partial charge is 0.411 e. The first-order valence-electron chi connectivity index (χ1n) is 7.98. The highest BCUT2D eigenvalue weighted by atomic mass is 32.2. The number of nitrogens with one attached hydrogen (secondary N) is 1. The van der Waals surface area contributed by atoms with Crippen LogP contribution in [0.2, 0.25) is 0 Å². The summed E-state index contributed by atoms with van der Waals surface area (Å²) in [6, 6.07) is 16.6. The molecular formula is C19H16N4O2S. The van der Waals surface area contributed by atoms with E-state index in [1.807, 2.05) is 37.3 Å². The molecular weight excluding hydrogens is 348 g/mol. The smallest absolute Gasteiger partial charge is 0.276 e. The molecule has 0 aliphatic rings. The van der Waals surface area contributed by atoms with Crippen LogP contribution in [0, 0.1) is 18.3 Å². The summed E-state index contributed by atoms with van der Waals surface area (Å²) in [6.45, 7) is 1.98. The molecule has 0 fully saturated rings. The van der Waals surface area contributed by atoms with Crippen LogP contribution in [-0.4, -0.2) is 21.9 Å². The highest BCUT2D eigenvalue weighted by Gasteiger charge is 2.11. The van der Waals surface area contributed by atoms with Crippen LogP contribution >= 0.6 is 11.8 Å². The second-order valence-corrected chi connectivity index (χ2v) is 6.57. The minimum atomic E-state index is -0.133. The lowest BCUT2D eigenvalue weighted by atomic mass is 10.1. The van der Waals surface area contributed by atoms with Gasteiger partial charge in [0.2, 0.25) is 11.8 Å². The molecule has 0 saturated carbocycles. The molecule has 26 heavy (non-hydrogen) atoms. The summed E-state index contributed by atoms with van der Waals surface area (Å²) >= 11 is 1.33. The Morgan fingerprint density at radius 1 is 1.23 bits per heavy atom. The van der Waals surface area contributed by atoms with Crippen molar-refractivity contribution in [2.24, 2.45) is 0 Å². The Hall–Kier alpha value is -3.11. The van der Waals surface area contributed by atoms with Crippen LogP contribution in [0.3, 0.4) is 0 Å². The summed E-state index contributed by atoms with van der Waals surface area (Å²) < 4.78 is 5.65. The van der Waals surface area contributed by atoms with Gasteiger partial charge in [-0.3, -0.25) is 4.79 Å². The van der Waals surface area contributed by atoms with Crippen molar-refractivity contribution in [1.29, 1.82) is 5.26 Å². The van der Waals surface area contributed by atoms with Crippen molar-refractivity contribution < 1.29 is 9.21 Å². The van der Waals surface area contributed by atoms with E-state index in [0.717, 1.165) is 11.1 Å². The lowest BCUT2D eigenvalue weighted by molar-refractivity contribution is -0.115. The number of nitrogens with zero attached hydrogens (tertiary/aromatic N) is 3. The van der Waals surface area contributed by atoms with Crippen LogP contribution in [0.1, 0.15) is 17.5 Å². The minimum absolute atomic E-state index is 0.133. The second-order valence-electron chi connectivity index (χ2n) is 5.53. The fraction of sp³-hybridized carbons (Fsp3) is 0.158. The highest BCUT2D eigenvalue weighted by molar-refractivity contribution is 7.99. The third-order valence-corrected chi connectivity index (χ3v) is 4.43. The Kier molecular flexibility index (Phi) is 5.66. The number of aryl methyl sites for hydroxylation is 1. The number of nitriles is 1. The second kappa shape index (κ2) is 8.32. The maximum atomic E-state index is 12.0. The Balaban J connectivity index is 1.51. The van der Waals surface area contributed by atoms with Crippen molar-refractivity contribution >= 4 is 23.4 Å². The predicted molar refractivity (Wildman–Crippen MR) is 99.6 cm³/mol. The number of thioether (sulfide) groups is 1. The molecule has 0 spiro atoms. The first kappa shape index (κ1) is 17.7. The molecule has 0 aliphatic heterocycles. The normalized spacial score (nSPS) is 10.3. The molecule has 0 saturated heterocycles. The van der Waals surface area contributed by atoms with Gasteiger partial charge >= 0.3 is 0 Å². The summed E-state index contributed by atoms with van der Waals surface area (Å²) in [7, 11) is 0. The van der Waals surface area contributed by atoms with Gasteiger partial charge in [0.1, 0.15) is 0 Å². The summed E-state index contributed by atoms with van der Waals surface area (Å²) in [6.07, 6.45) is 0.295. The first-order chi connectivity index (χ1) is 12.7. The van der Waals surface area contributed by atoms with Gasteiger partial charge in [-0.15, -0.1) is 10.2 Å². The fourth-order valence-corrected chi connectivity index (χ4v) is 3.01. The summed E-state index contributed by atoms with van der Waals surface area (Å²) in [5, 5.41) is 20.2. The number of rotatable bonds is 6. The maximum absolute atomic E-state index is 12.0. The van der Waals surface area contributed by atoms with Gasteiger partial charge in [-0.05, 0) is 36.8 Å². The molecule has 0 aliphatic carbocycles. The molecule has 0 bridgehead atoms. The van der Waals surface area contributed by atoms with Crippen molar-refractivity contribution in [2.75, 3.05) is 11.1 Å². The number of hydrogen-bond donors (Lipinski definition) is 1. The van der Waals surface area contributed by atoms with Crippen LogP contribution in [0.5, 0.6) is 0 Å². The van der Waals surface area contributed by atoms with E-state index in [1.54, 1.807) is 24.3 Å². The Morgan fingerprint density at radius 3 is 2.88 bits per heavy atom. The van der Waals surface area contributed by atoms with E-state index in [1.165, 1.54) is 11.8 Å². The van der Waals surface area contributed by atoms with Gasteiger partial charge in [-0.25, -0.2) is 0 Å². The zero-order valence-corrected chi connectivity index (χ0v) is 14.9. The van der Waals surface area contributed by atoms with Crippen LogP contribution < -0.4 is 5.32 Å². The van der Waals surface area contributed by atoms with E-state index in [0.29, 0.717) is 34.5 Å². The van der Waals surface area contributed by atoms with Crippen molar-refractivity contribution in [3.8, 4) is 17.5 Å². The van der Waals surface area contributed by atoms with Crippen LogP contribution in [0.4, 0.5) is 5.69 Å². The number of anilines is 1. The Bertz CT molecular complexity index is 962. The SMILES string of the molecule is Cc1ccccc1-c1nnc(SCCC(=O)Nc2cccc(C#N)c2)o1. The van der Waals surface area contributed by atoms with Crippen molar-refractivity contribution in [3.05, 3.63) is 59.7 Å². The molecule has 1 aromatic heterocycles. The number of amides is 1. The van der Waals surface area contributed by atoms with Crippen LogP contribution in [-0.2, 0) is 4.79 Å². The average Bonchev–Trinajstić information content (AvgIpc) is 3.11. The predicted octanol–water partition coefficient (Wildman–Crippen LogP) is 4.04. The minimum Gasteiger partial charge on any atom is -0.411 e. The van der Waals surface area contributed by atoms with Crippen molar-refractivity contribution in [2.45, 2.75) is 18.6 Å². The van der Waals surface area contributed by atoms with Gasteiger partial charge in [0.15, 0.2) is 0 Å². The molecule has 3 aromatic rings. The third kappa shape index (κ3) is 4.49. The number of hydrogen-bond acceptors (Lipinski definition) is 6. The molecule has 3 rings (SSSR count). The van der Waals surface area contributed by atoms with Crippen LogP contribution in [0.25, 0.3) is 11.5 Å². The lowest BCUT2D eigenvalue weighted by Gasteiger charge is -2.04. The molecule has 6 nitrogen and oxygen atoms in total. The summed E-state index contributed by atoms with van der Waals surface area (Å²) in [5.74, 6) is 0.855. The van der Waals surface area contributed by atoms with E-state index in [9.17, 15) is 4.79 Å². The molecule has 7 heteroatoms. The van der Waals surface area contributed by atoms with E-state index in [2.05, 4.69) is 15.5 Å². The van der Waals surface area contributed by atoms with Gasteiger partial charge in [-0.1, -0.05) is 36.0 Å². The molecule has 0 unspecified atom stereocenters. The zero-order chi connectivity index (χ0) is 18.4. The maximum Gasteiger partial charge on any atom is 0.276 e. The quantitative estimate of drug-likeness (QED) is 0.664. The molecule has 130 valence electrons. The monoisotopic (exact) mass is 364 g/mol. The topological polar surface area (TPSA) is 91.8 Å². The third-order valence-electron chi connectivity index (χ3n) is 3.61. The van der Waals surface area contributed by atoms with E-state index in [-0.39, 0.29) is 5.91 Å². The Morgan fingerprint density at radius 2 is 2.08 bits per heavy atom. The van der Waals surface area contributed by atoms with Gasteiger partial charge in [0.25, 0.3) is 5.22 Å². The number of benzene rings is 2. The van der Waals surface area contributed by atoms with Gasteiger partial charge < -0.3 is 9.73 Å². The zero-order valence-electron chi connectivity index (χ0n) is 14.1. The number of carbonyl (C=O) groups excluding carboxylic acids is 1.